The minimum absolute atomic E-state index is 0.0659. The molecule has 2 amide bonds. The predicted octanol–water partition coefficient (Wildman–Crippen LogP) is 6.43. The fraction of sp³-hybridized carbons (Fsp3) is 0.548. The van der Waals surface area contributed by atoms with Crippen LogP contribution in [0.5, 0.6) is 0 Å². The van der Waals surface area contributed by atoms with E-state index in [0.29, 0.717) is 11.1 Å². The van der Waals surface area contributed by atoms with Crippen LogP contribution < -0.4 is 10.6 Å². The van der Waals surface area contributed by atoms with E-state index in [-0.39, 0.29) is 62.4 Å². The van der Waals surface area contributed by atoms with Gasteiger partial charge in [-0.1, -0.05) is 0 Å². The van der Waals surface area contributed by atoms with Crippen molar-refractivity contribution in [1.29, 1.82) is 0 Å². The van der Waals surface area contributed by atoms with Crippen molar-refractivity contribution >= 4 is 68.4 Å². The summed E-state index contributed by atoms with van der Waals surface area (Å²) in [5.41, 5.74) is 0.800. The monoisotopic (exact) mass is 666 g/mol. The summed E-state index contributed by atoms with van der Waals surface area (Å²) >= 11 is 1.82. The Kier molecular flexibility index (Phi) is 13.7. The van der Waals surface area contributed by atoms with Crippen LogP contribution in [0.2, 0.25) is 0 Å². The Morgan fingerprint density at radius 3 is 1.11 bits per heavy atom. The van der Waals surface area contributed by atoms with Gasteiger partial charge in [-0.15, -0.1) is 22.7 Å². The first-order valence-electron chi connectivity index (χ1n) is 14.6. The van der Waals surface area contributed by atoms with E-state index in [1.54, 1.807) is 69.2 Å². The molecule has 2 aromatic heterocycles. The zero-order valence-corrected chi connectivity index (χ0v) is 29.0. The van der Waals surface area contributed by atoms with Crippen molar-refractivity contribution < 1.29 is 47.7 Å². The number of rotatable bonds is 14. The molecule has 0 aliphatic heterocycles. The lowest BCUT2D eigenvalue weighted by Gasteiger charge is -2.11. The lowest BCUT2D eigenvalue weighted by molar-refractivity contribution is -0.117. The second kappa shape index (κ2) is 16.5. The summed E-state index contributed by atoms with van der Waals surface area (Å²) in [4.78, 5) is 77.0. The van der Waals surface area contributed by atoms with Gasteiger partial charge < -0.3 is 29.6 Å². The Morgan fingerprint density at radius 1 is 0.533 bits per heavy atom. The molecule has 0 saturated heterocycles. The fourth-order valence-corrected chi connectivity index (χ4v) is 6.14. The van der Waals surface area contributed by atoms with Crippen molar-refractivity contribution in [2.24, 2.45) is 0 Å². The Hall–Kier alpha value is -3.78. The van der Waals surface area contributed by atoms with Crippen molar-refractivity contribution in [2.75, 3.05) is 10.6 Å². The number of nitrogens with one attached hydrogen (secondary N) is 2. The summed E-state index contributed by atoms with van der Waals surface area (Å²) in [6, 6.07) is 0. The van der Waals surface area contributed by atoms with Gasteiger partial charge in [-0.25, -0.2) is 19.2 Å². The van der Waals surface area contributed by atoms with Gasteiger partial charge in [0.05, 0.1) is 35.5 Å². The number of anilines is 2. The molecule has 14 heteroatoms. The van der Waals surface area contributed by atoms with Crippen molar-refractivity contribution in [3.8, 4) is 0 Å². The van der Waals surface area contributed by atoms with Crippen LogP contribution in [0.25, 0.3) is 0 Å². The summed E-state index contributed by atoms with van der Waals surface area (Å²) in [7, 11) is 0. The first-order valence-corrected chi connectivity index (χ1v) is 16.3. The molecule has 0 aliphatic carbocycles. The Bertz CT molecular complexity index is 1330. The van der Waals surface area contributed by atoms with E-state index in [0.717, 1.165) is 22.7 Å². The quantitative estimate of drug-likeness (QED) is 0.170. The third-order valence-corrected chi connectivity index (χ3v) is 8.13. The minimum atomic E-state index is -0.688. The SMILES string of the molecule is Cc1c(C(=O)OC(C)C)sc(NC(=O)CCCC(=O)Nc2sc(C(=O)OC(C)C)c(C)c2C(=O)OC(C)C)c1C(=O)OC(C)C. The van der Waals surface area contributed by atoms with Crippen molar-refractivity contribution in [1.82, 2.24) is 0 Å². The van der Waals surface area contributed by atoms with Crippen LogP contribution in [-0.2, 0) is 28.5 Å². The van der Waals surface area contributed by atoms with Crippen LogP contribution in [0.1, 0.15) is 126 Å². The first-order chi connectivity index (χ1) is 20.9. The lowest BCUT2D eigenvalue weighted by Crippen LogP contribution is -2.18. The molecule has 45 heavy (non-hydrogen) atoms. The Morgan fingerprint density at radius 2 is 0.822 bits per heavy atom. The number of amides is 2. The molecule has 0 bridgehead atoms. The Labute approximate surface area is 271 Å². The smallest absolute Gasteiger partial charge is 0.348 e. The molecule has 2 N–H and O–H groups in total. The van der Waals surface area contributed by atoms with Crippen LogP contribution in [0, 0.1) is 13.8 Å². The molecule has 12 nitrogen and oxygen atoms in total. The van der Waals surface area contributed by atoms with Gasteiger partial charge in [0.1, 0.15) is 19.8 Å². The molecule has 2 rings (SSSR count). The van der Waals surface area contributed by atoms with Gasteiger partial charge in [0, 0.05) is 12.8 Å². The van der Waals surface area contributed by atoms with E-state index < -0.39 is 47.9 Å². The molecular weight excluding hydrogens is 624 g/mol. The van der Waals surface area contributed by atoms with Crippen LogP contribution in [0.3, 0.4) is 0 Å². The number of hydrogen-bond donors (Lipinski definition) is 2. The van der Waals surface area contributed by atoms with Crippen LogP contribution in [0.15, 0.2) is 0 Å². The summed E-state index contributed by atoms with van der Waals surface area (Å²) in [6.45, 7) is 16.7. The minimum Gasteiger partial charge on any atom is -0.459 e. The molecule has 0 unspecified atom stereocenters. The molecule has 0 fully saturated rings. The molecule has 0 spiro atoms. The third-order valence-electron chi connectivity index (χ3n) is 5.76. The standard InChI is InChI=1S/C31H42N2O10S2/c1-14(2)40-28(36)22-18(9)24(30(38)42-16(5)6)44-26(22)32-20(34)12-11-13-21(35)33-27-23(29(37)41-15(3)4)19(10)25(45-27)31(39)43-17(7)8/h14-17H,11-13H2,1-10H3,(H,32,34)(H,33,35). The summed E-state index contributed by atoms with van der Waals surface area (Å²) in [5.74, 6) is -3.59. The number of esters is 4. The number of ether oxygens (including phenoxy) is 4. The third kappa shape index (κ3) is 10.7. The molecule has 0 radical (unpaired) electrons. The van der Waals surface area contributed by atoms with Crippen molar-refractivity contribution in [2.45, 2.75) is 113 Å². The molecule has 2 aromatic rings. The van der Waals surface area contributed by atoms with E-state index in [2.05, 4.69) is 10.6 Å². The van der Waals surface area contributed by atoms with E-state index in [9.17, 15) is 28.8 Å². The number of hydrogen-bond acceptors (Lipinski definition) is 12. The maximum Gasteiger partial charge on any atom is 0.348 e. The molecular formula is C31H42N2O10S2. The van der Waals surface area contributed by atoms with Crippen LogP contribution >= 0.6 is 22.7 Å². The highest BCUT2D eigenvalue weighted by Crippen LogP contribution is 2.36. The van der Waals surface area contributed by atoms with E-state index in [4.69, 9.17) is 18.9 Å². The summed E-state index contributed by atoms with van der Waals surface area (Å²) in [6.07, 6.45) is -1.69. The van der Waals surface area contributed by atoms with Gasteiger partial charge in [-0.05, 0) is 86.8 Å². The van der Waals surface area contributed by atoms with Crippen LogP contribution in [0.4, 0.5) is 10.0 Å². The second-order valence-corrected chi connectivity index (χ2v) is 13.3. The van der Waals surface area contributed by atoms with Gasteiger partial charge in [-0.3, -0.25) is 9.59 Å². The van der Waals surface area contributed by atoms with Gasteiger partial charge in [0.25, 0.3) is 0 Å². The number of thiophene rings is 2. The van der Waals surface area contributed by atoms with E-state index in [1.807, 2.05) is 0 Å². The molecule has 0 aliphatic rings. The molecule has 2 heterocycles. The normalized spacial score (nSPS) is 11.2. The van der Waals surface area contributed by atoms with Gasteiger partial charge in [0.2, 0.25) is 11.8 Å². The lowest BCUT2D eigenvalue weighted by atomic mass is 10.1. The topological polar surface area (TPSA) is 163 Å². The van der Waals surface area contributed by atoms with Crippen LogP contribution in [-0.4, -0.2) is 60.1 Å². The molecule has 0 aromatic carbocycles. The van der Waals surface area contributed by atoms with Crippen molar-refractivity contribution in [3.05, 3.63) is 32.0 Å². The fourth-order valence-electron chi connectivity index (χ4n) is 3.95. The number of carbonyl (C=O) groups is 6. The summed E-state index contributed by atoms with van der Waals surface area (Å²) in [5, 5.41) is 5.62. The zero-order valence-electron chi connectivity index (χ0n) is 27.3. The maximum atomic E-state index is 12.9. The zero-order chi connectivity index (χ0) is 34.2. The molecule has 0 saturated carbocycles. The largest absolute Gasteiger partial charge is 0.459 e. The highest BCUT2D eigenvalue weighted by Gasteiger charge is 2.30. The highest BCUT2D eigenvalue weighted by atomic mass is 32.1. The molecule has 0 atom stereocenters. The van der Waals surface area contributed by atoms with Gasteiger partial charge in [-0.2, -0.15) is 0 Å². The predicted molar refractivity (Wildman–Crippen MR) is 171 cm³/mol. The molecule has 248 valence electrons. The highest BCUT2D eigenvalue weighted by molar-refractivity contribution is 7.19. The maximum absolute atomic E-state index is 12.9. The van der Waals surface area contributed by atoms with Gasteiger partial charge >= 0.3 is 23.9 Å². The summed E-state index contributed by atoms with van der Waals surface area (Å²) < 4.78 is 21.2. The Balaban J connectivity index is 2.17. The van der Waals surface area contributed by atoms with Gasteiger partial charge in [0.15, 0.2) is 0 Å². The average Bonchev–Trinajstić information content (AvgIpc) is 3.38. The second-order valence-electron chi connectivity index (χ2n) is 11.3. The number of carbonyl (C=O) groups excluding carboxylic acids is 6. The average molecular weight is 667 g/mol. The van der Waals surface area contributed by atoms with E-state index in [1.165, 1.54) is 0 Å². The van der Waals surface area contributed by atoms with Crippen molar-refractivity contribution in [3.63, 3.8) is 0 Å². The first kappa shape index (κ1) is 37.4. The van der Waals surface area contributed by atoms with E-state index >= 15 is 0 Å².